The molecule has 40 atom stereocenters. The number of carbonyl (C=O) groups excluding carboxylic acids is 4. The van der Waals surface area contributed by atoms with Crippen molar-refractivity contribution in [2.75, 3.05) is 52.9 Å². The van der Waals surface area contributed by atoms with Crippen LogP contribution in [0, 0.1) is 11.8 Å². The normalized spacial score (nSPS) is 48.4. The van der Waals surface area contributed by atoms with Crippen molar-refractivity contribution in [2.24, 2.45) is 11.8 Å². The van der Waals surface area contributed by atoms with Gasteiger partial charge in [0.1, 0.15) is 165 Å². The van der Waals surface area contributed by atoms with Crippen LogP contribution < -0.4 is 21.3 Å². The highest BCUT2D eigenvalue weighted by Crippen LogP contribution is 2.52. The van der Waals surface area contributed by atoms with E-state index in [-0.39, 0.29) is 0 Å². The van der Waals surface area contributed by atoms with Crippen LogP contribution in [0.1, 0.15) is 41.0 Å². The zero-order chi connectivity index (χ0) is 75.7. The van der Waals surface area contributed by atoms with Crippen LogP contribution in [0.2, 0.25) is 0 Å². The van der Waals surface area contributed by atoms with Gasteiger partial charge in [0.15, 0.2) is 49.8 Å². The molecule has 44 nitrogen and oxygen atoms in total. The van der Waals surface area contributed by atoms with Crippen LogP contribution in [0.4, 0.5) is 0 Å². The fourth-order valence-electron chi connectivity index (χ4n) is 14.2. The molecule has 0 aromatic heterocycles. The molecule has 0 aromatic rings. The Kier molecular flexibility index (Phi) is 28.7. The first kappa shape index (κ1) is 83.5. The number of rotatable bonds is 27. The molecule has 0 spiro atoms. The van der Waals surface area contributed by atoms with Crippen molar-refractivity contribution >= 4 is 23.6 Å². The molecule has 8 aliphatic heterocycles. The molecule has 0 aromatic carbocycles. The summed E-state index contributed by atoms with van der Waals surface area (Å²) in [6.07, 6.45) is -65.0. The van der Waals surface area contributed by atoms with Crippen molar-refractivity contribution in [1.29, 1.82) is 0 Å². The van der Waals surface area contributed by atoms with E-state index < -0.39 is 334 Å². The molecule has 0 bridgehead atoms. The van der Waals surface area contributed by atoms with Gasteiger partial charge in [0.25, 0.3) is 0 Å². The van der Waals surface area contributed by atoms with Crippen molar-refractivity contribution in [3.8, 4) is 0 Å². The number of amides is 4. The number of nitrogens with one attached hydrogen (secondary N) is 4. The Morgan fingerprint density at radius 1 is 0.340 bits per heavy atom. The van der Waals surface area contributed by atoms with Crippen molar-refractivity contribution in [3.63, 3.8) is 0 Å². The van der Waals surface area contributed by atoms with Crippen LogP contribution in [0.5, 0.6) is 0 Å². The predicted molar refractivity (Wildman–Crippen MR) is 321 cm³/mol. The average molecular weight is 1500 g/mol. The highest BCUT2D eigenvalue weighted by Gasteiger charge is 2.74. The van der Waals surface area contributed by atoms with Crippen LogP contribution in [0.25, 0.3) is 0 Å². The molecule has 4 amide bonds. The number of hydrogen-bond donors (Lipinski definition) is 25. The SMILES string of the molecule is CC(=O)NC1C(O)[C@H](O)[C@H](CO)O[C@H]1OCCC1[C@@H](OCC2O[C@@H](O[C@@H]3C(CO)O[C@@H](O[C@@H]4C(CO)O[C@@H](C)C(NC(C)=O)[C@H]4O)C(NC(C)=O)[C@H]3O)C(O)[C@@H](O[C@H]3OC(CO)[C@@H](O)C(O)C3O[C@@H]3OC(CO)[C@@H](O[C@@H]4OC5[C@@H]([C@H](O)C4O)C5(O)O)[C@H](O)C3NC(C)=O)[C@@H]2O)OC(CO)[C@@H](O)[C@@H]1O. The van der Waals surface area contributed by atoms with Gasteiger partial charge in [-0.2, -0.15) is 0 Å². The van der Waals surface area contributed by atoms with Crippen molar-refractivity contribution < 1.29 is 197 Å². The standard InChI is InChI=1S/C59H98N4O40/c1-15-29(60-16(2)70)40(81)46(24(11-67)91-15)98-54-31(62-18(4)72)41(82)48(26(13-69)95-54)100-57-45(86)49(37(78)27(97-57)14-90-52-20(33(74)34(75)21(8-64)92-52)6-7-89-53-30(61-17(3)71)39(80)35(76)22(9-65)93-53)101-58-50(43(84)36(77)23(10-66)94-58)102-55-32(63-19(5)73)42(83)47(25(12-68)96-55)99-56-44(85)38(79)28-51(103-56)59(28,87)88/h15,20-58,64-69,74-88H,6-14H2,1-5H3,(H,60,70)(H,61,71)(H,62,72)(H,63,73)/t15-,20?,21?,22-,23?,24?,25?,26?,27?,28+,29?,30?,31?,32?,33+,34+,35+,36+,37+,38-,39?,40+,41+,42+,43?,44?,45?,46+,47+,48+,49-,50?,51?,52-,53+,54-,55-,56+,57-,58+/m0/s1. The molecular formula is C59H98N4O40. The number of hydrogen-bond acceptors (Lipinski definition) is 40. The van der Waals surface area contributed by atoms with Gasteiger partial charge < -0.3 is 200 Å². The first-order chi connectivity index (χ1) is 48.7. The van der Waals surface area contributed by atoms with E-state index in [1.165, 1.54) is 6.92 Å². The molecule has 594 valence electrons. The lowest BCUT2D eigenvalue weighted by Gasteiger charge is -2.51. The monoisotopic (exact) mass is 1500 g/mol. The van der Waals surface area contributed by atoms with Gasteiger partial charge in [0.2, 0.25) is 23.6 Å². The second-order valence-corrected chi connectivity index (χ2v) is 26.9. The maximum Gasteiger partial charge on any atom is 0.217 e. The van der Waals surface area contributed by atoms with Crippen molar-refractivity contribution in [1.82, 2.24) is 21.3 Å². The second-order valence-electron chi connectivity index (χ2n) is 26.9. The van der Waals surface area contributed by atoms with Crippen molar-refractivity contribution in [2.45, 2.75) is 280 Å². The molecule has 9 aliphatic rings. The van der Waals surface area contributed by atoms with Crippen LogP contribution in [-0.2, 0) is 90.2 Å². The fraction of sp³-hybridized carbons (Fsp3) is 0.932. The maximum atomic E-state index is 13.0. The average Bonchev–Trinajstić information content (AvgIpc) is 1.55. The molecule has 8 saturated heterocycles. The Hall–Kier alpha value is -3.56. The zero-order valence-electron chi connectivity index (χ0n) is 56.1. The number of ether oxygens (including phenoxy) is 15. The Balaban J connectivity index is 1.02. The van der Waals surface area contributed by atoms with Gasteiger partial charge in [0.05, 0.1) is 83.1 Å². The number of aliphatic hydroxyl groups excluding tert-OH is 19. The molecular weight excluding hydrogens is 1400 g/mol. The minimum Gasteiger partial charge on any atom is -0.394 e. The summed E-state index contributed by atoms with van der Waals surface area (Å²) < 4.78 is 89.7. The molecule has 25 N–H and O–H groups in total. The molecule has 0 radical (unpaired) electrons. The van der Waals surface area contributed by atoms with E-state index in [4.69, 9.17) is 71.1 Å². The summed E-state index contributed by atoms with van der Waals surface area (Å²) in [7, 11) is 0. The Labute approximate surface area is 585 Å². The summed E-state index contributed by atoms with van der Waals surface area (Å²) in [4.78, 5) is 50.2. The fourth-order valence-corrected chi connectivity index (χ4v) is 14.2. The van der Waals surface area contributed by atoms with Crippen molar-refractivity contribution in [3.05, 3.63) is 0 Å². The Morgan fingerprint density at radius 3 is 1.21 bits per heavy atom. The summed E-state index contributed by atoms with van der Waals surface area (Å²) in [5.74, 6) is -8.49. The van der Waals surface area contributed by atoms with Gasteiger partial charge in [-0.1, -0.05) is 0 Å². The summed E-state index contributed by atoms with van der Waals surface area (Å²) >= 11 is 0. The minimum absolute atomic E-state index is 0.401. The first-order valence-corrected chi connectivity index (χ1v) is 33.4. The number of fused-ring (bicyclic) bond motifs is 1. The lowest BCUT2D eigenvalue weighted by atomic mass is 9.88. The van der Waals surface area contributed by atoms with E-state index in [0.717, 1.165) is 27.7 Å². The zero-order valence-corrected chi connectivity index (χ0v) is 56.1. The van der Waals surface area contributed by atoms with E-state index in [9.17, 15) is 126 Å². The molecule has 1 aliphatic carbocycles. The van der Waals surface area contributed by atoms with Gasteiger partial charge in [-0.15, -0.1) is 0 Å². The van der Waals surface area contributed by atoms with Crippen LogP contribution in [0.15, 0.2) is 0 Å². The highest BCUT2D eigenvalue weighted by molar-refractivity contribution is 5.74. The summed E-state index contributed by atoms with van der Waals surface area (Å²) in [5, 5.41) is 243. The first-order valence-electron chi connectivity index (χ1n) is 33.4. The third-order valence-corrected chi connectivity index (χ3v) is 19.7. The lowest BCUT2D eigenvalue weighted by Crippen LogP contribution is -2.70. The predicted octanol–water partition coefficient (Wildman–Crippen LogP) is -16.2. The van der Waals surface area contributed by atoms with Gasteiger partial charge in [0, 0.05) is 33.6 Å². The maximum absolute atomic E-state index is 13.0. The smallest absolute Gasteiger partial charge is 0.217 e. The molecule has 8 heterocycles. The van der Waals surface area contributed by atoms with Gasteiger partial charge in [-0.3, -0.25) is 19.2 Å². The molecule has 17 unspecified atom stereocenters. The summed E-state index contributed by atoms with van der Waals surface area (Å²) in [6.45, 7) is -1.74. The Bertz CT molecular complexity index is 2760. The van der Waals surface area contributed by atoms with E-state index in [0.29, 0.717) is 0 Å². The van der Waals surface area contributed by atoms with Crippen LogP contribution in [0.3, 0.4) is 0 Å². The molecule has 44 heteroatoms. The lowest BCUT2D eigenvalue weighted by molar-refractivity contribution is -0.396. The van der Waals surface area contributed by atoms with Gasteiger partial charge in [-0.25, -0.2) is 0 Å². The largest absolute Gasteiger partial charge is 0.394 e. The molecule has 103 heavy (non-hydrogen) atoms. The topological polar surface area (TPSA) is 680 Å². The quantitative estimate of drug-likeness (QED) is 0.0340. The third-order valence-electron chi connectivity index (χ3n) is 19.7. The van der Waals surface area contributed by atoms with Crippen LogP contribution >= 0.6 is 0 Å². The highest BCUT2D eigenvalue weighted by atomic mass is 16.8. The summed E-state index contributed by atoms with van der Waals surface area (Å²) in [5.41, 5.74) is 0. The number of aliphatic hydroxyl groups is 21. The second kappa shape index (κ2) is 35.4. The number of carbonyl (C=O) groups is 4. The van der Waals surface area contributed by atoms with E-state index in [1.54, 1.807) is 0 Å². The van der Waals surface area contributed by atoms with Gasteiger partial charge >= 0.3 is 0 Å². The molecule has 9 rings (SSSR count). The van der Waals surface area contributed by atoms with E-state index >= 15 is 0 Å². The summed E-state index contributed by atoms with van der Waals surface area (Å²) in [6, 6.07) is -6.30. The molecule has 1 saturated carbocycles. The van der Waals surface area contributed by atoms with E-state index in [1.807, 2.05) is 0 Å². The molecule has 9 fully saturated rings. The van der Waals surface area contributed by atoms with E-state index in [2.05, 4.69) is 21.3 Å². The third kappa shape index (κ3) is 18.0. The minimum atomic E-state index is -2.61. The Morgan fingerprint density at radius 2 is 0.718 bits per heavy atom. The van der Waals surface area contributed by atoms with Crippen LogP contribution in [-0.4, -0.2) is 423 Å². The van der Waals surface area contributed by atoms with Gasteiger partial charge in [-0.05, 0) is 13.3 Å².